The Kier molecular flexibility index (Phi) is 5.04. The maximum absolute atomic E-state index is 9.91. The Morgan fingerprint density at radius 3 is 2.57 bits per heavy atom. The van der Waals surface area contributed by atoms with Crippen molar-refractivity contribution in [3.63, 3.8) is 0 Å². The predicted octanol–water partition coefficient (Wildman–Crippen LogP) is -3.84. The van der Waals surface area contributed by atoms with Crippen LogP contribution in [0.4, 0.5) is 0 Å². The second kappa shape index (κ2) is 4.68. The van der Waals surface area contributed by atoms with E-state index in [9.17, 15) is 5.21 Å². The number of hydrogen-bond acceptors (Lipinski definition) is 5. The van der Waals surface area contributed by atoms with Crippen molar-refractivity contribution in [3.05, 3.63) is 5.21 Å². The van der Waals surface area contributed by atoms with Crippen LogP contribution in [0, 0.1) is 5.21 Å². The van der Waals surface area contributed by atoms with Gasteiger partial charge >= 0.3 is 51.3 Å². The molecule has 0 rings (SSSR count). The molecule has 0 radical (unpaired) electrons. The summed E-state index contributed by atoms with van der Waals surface area (Å²) in [6.45, 7) is 0. The van der Waals surface area contributed by atoms with Crippen LogP contribution in [0.3, 0.4) is 0 Å². The Bertz CT molecular complexity index is 43.9. The van der Waals surface area contributed by atoms with Crippen LogP contribution in [0.1, 0.15) is 0 Å². The topological polar surface area (TPSA) is 70.8 Å². The molecule has 0 heterocycles. The van der Waals surface area contributed by atoms with E-state index in [1.165, 1.54) is 7.11 Å². The van der Waals surface area contributed by atoms with E-state index in [0.29, 0.717) is 0 Å². The SMILES string of the molecule is COON([O-])[I-]N. The Balaban J connectivity index is 2.83. The molecule has 46 valence electrons. The van der Waals surface area contributed by atoms with Crippen LogP contribution >= 0.6 is 0 Å². The van der Waals surface area contributed by atoms with Crippen molar-refractivity contribution in [2.45, 2.75) is 0 Å². The summed E-state index contributed by atoms with van der Waals surface area (Å²) in [6, 6.07) is 0. The van der Waals surface area contributed by atoms with Gasteiger partial charge in [0.05, 0.1) is 0 Å². The molecule has 7 heavy (non-hydrogen) atoms. The van der Waals surface area contributed by atoms with Gasteiger partial charge in [-0.1, -0.05) is 0 Å². The fourth-order valence-corrected chi connectivity index (χ4v) is 0.329. The number of rotatable bonds is 3. The fourth-order valence-electron chi connectivity index (χ4n) is 0.0749. The zero-order valence-corrected chi connectivity index (χ0v) is 5.78. The van der Waals surface area contributed by atoms with Crippen LogP contribution in [0.25, 0.3) is 0 Å². The molecule has 0 aliphatic carbocycles. The van der Waals surface area contributed by atoms with Gasteiger partial charge in [0.2, 0.25) is 0 Å². The van der Waals surface area contributed by atoms with Gasteiger partial charge in [-0.05, 0) is 0 Å². The number of nitrogens with two attached hydrogens (primary N) is 1. The maximum atomic E-state index is 9.91. The van der Waals surface area contributed by atoms with Gasteiger partial charge in [0.15, 0.2) is 0 Å². The minimum absolute atomic E-state index is 0.221. The third-order valence-electron chi connectivity index (χ3n) is 0.213. The van der Waals surface area contributed by atoms with E-state index in [-0.39, 0.29) is 3.44 Å². The molecule has 0 aromatic carbocycles. The fraction of sp³-hybridized carbons (Fsp3) is 1.00. The van der Waals surface area contributed by atoms with E-state index >= 15 is 0 Å². The summed E-state index contributed by atoms with van der Waals surface area (Å²) in [5.74, 6) is 0. The molecule has 0 bridgehead atoms. The third-order valence-corrected chi connectivity index (χ3v) is 0.828. The quantitative estimate of drug-likeness (QED) is 0.228. The summed E-state index contributed by atoms with van der Waals surface area (Å²) in [4.78, 5) is 7.85. The van der Waals surface area contributed by atoms with Crippen LogP contribution in [0.15, 0.2) is 0 Å². The van der Waals surface area contributed by atoms with Crippen molar-refractivity contribution in [2.24, 2.45) is 3.95 Å². The third kappa shape index (κ3) is 4.38. The molecule has 0 fully saturated rings. The van der Waals surface area contributed by atoms with Crippen molar-refractivity contribution in [3.8, 4) is 0 Å². The van der Waals surface area contributed by atoms with Gasteiger partial charge in [-0.25, -0.2) is 0 Å². The first-order valence-corrected chi connectivity index (χ1v) is 3.54. The van der Waals surface area contributed by atoms with Gasteiger partial charge < -0.3 is 0 Å². The standard InChI is InChI=1S/CH5IN2O3/c1-6-7-4(5)2-3/h3H2,1H3/q-2. The summed E-state index contributed by atoms with van der Waals surface area (Å²) in [5.41, 5.74) is 0. The average Bonchev–Trinajstić information content (AvgIpc) is 1.68. The van der Waals surface area contributed by atoms with Gasteiger partial charge in [0.25, 0.3) is 0 Å². The zero-order valence-electron chi connectivity index (χ0n) is 3.63. The molecule has 2 N–H and O–H groups in total. The first kappa shape index (κ1) is 7.53. The minimum atomic E-state index is -1.03. The molecule has 0 saturated heterocycles. The molecule has 0 aliphatic rings. The first-order valence-electron chi connectivity index (χ1n) is 1.33. The predicted molar refractivity (Wildman–Crippen MR) is 17.5 cm³/mol. The van der Waals surface area contributed by atoms with Crippen LogP contribution in [-0.2, 0) is 9.88 Å². The van der Waals surface area contributed by atoms with Crippen molar-refractivity contribution in [1.29, 1.82) is 0 Å². The van der Waals surface area contributed by atoms with Gasteiger partial charge in [0, 0.05) is 0 Å². The molecule has 6 heteroatoms. The average molecular weight is 220 g/mol. The van der Waals surface area contributed by atoms with Crippen LogP contribution in [-0.4, -0.2) is 10.5 Å². The molecule has 0 aliphatic heterocycles. The van der Waals surface area contributed by atoms with Gasteiger partial charge in [-0.15, -0.1) is 0 Å². The Morgan fingerprint density at radius 1 is 1.86 bits per heavy atom. The Morgan fingerprint density at radius 2 is 2.43 bits per heavy atom. The van der Waals surface area contributed by atoms with E-state index in [0.717, 1.165) is 0 Å². The molecule has 5 nitrogen and oxygen atoms in total. The molecular formula is CH5IN2O3-2. The number of halogens is 1. The molecule has 0 atom stereocenters. The van der Waals surface area contributed by atoms with E-state index in [1.807, 2.05) is 0 Å². The van der Waals surface area contributed by atoms with Crippen molar-refractivity contribution < 1.29 is 31.6 Å². The summed E-state index contributed by atoms with van der Waals surface area (Å²) in [7, 11) is 1.24. The van der Waals surface area contributed by atoms with Crippen LogP contribution < -0.4 is 25.7 Å². The van der Waals surface area contributed by atoms with E-state index < -0.39 is 21.8 Å². The van der Waals surface area contributed by atoms with Gasteiger partial charge in [0.1, 0.15) is 0 Å². The van der Waals surface area contributed by atoms with Gasteiger partial charge in [-0.2, -0.15) is 0 Å². The van der Waals surface area contributed by atoms with Crippen molar-refractivity contribution in [2.75, 3.05) is 7.11 Å². The molecule has 0 saturated carbocycles. The number of hydrogen-bond donors (Lipinski definition) is 1. The Hall–Kier alpha value is 0.530. The molecule has 0 spiro atoms. The Labute approximate surface area is 51.8 Å². The summed E-state index contributed by atoms with van der Waals surface area (Å²) in [5, 5.41) is 9.91. The molecule has 0 unspecified atom stereocenters. The molecule has 0 amide bonds. The first-order chi connectivity index (χ1) is 3.31. The number of nitrogens with zero attached hydrogens (tertiary/aromatic N) is 1. The molecular weight excluding hydrogens is 215 g/mol. The molecule has 0 aromatic heterocycles. The van der Waals surface area contributed by atoms with Crippen molar-refractivity contribution >= 4 is 0 Å². The second-order valence-corrected chi connectivity index (χ2v) is 1.90. The summed E-state index contributed by atoms with van der Waals surface area (Å²) >= 11 is -1.03. The van der Waals surface area contributed by atoms with E-state index in [4.69, 9.17) is 3.95 Å². The summed E-state index contributed by atoms with van der Waals surface area (Å²) in [6.07, 6.45) is 0. The zero-order chi connectivity index (χ0) is 5.70. The monoisotopic (exact) mass is 220 g/mol. The second-order valence-electron chi connectivity index (χ2n) is 0.551. The molecule has 0 aromatic rings. The van der Waals surface area contributed by atoms with Gasteiger partial charge in [-0.3, -0.25) is 0 Å². The van der Waals surface area contributed by atoms with Crippen molar-refractivity contribution in [1.82, 2.24) is 3.44 Å². The van der Waals surface area contributed by atoms with E-state index in [2.05, 4.69) is 9.88 Å². The van der Waals surface area contributed by atoms with Crippen LogP contribution in [0.2, 0.25) is 0 Å². The van der Waals surface area contributed by atoms with E-state index in [1.54, 1.807) is 0 Å². The normalized spacial score (nSPS) is 10.9. The van der Waals surface area contributed by atoms with Crippen LogP contribution in [0.5, 0.6) is 0 Å². The summed E-state index contributed by atoms with van der Waals surface area (Å²) < 4.78 is 5.10.